The van der Waals surface area contributed by atoms with Gasteiger partial charge in [0.25, 0.3) is 0 Å². The van der Waals surface area contributed by atoms with Gasteiger partial charge in [0.2, 0.25) is 11.6 Å². The smallest absolute Gasteiger partial charge is 0.311 e. The van der Waals surface area contributed by atoms with Crippen LogP contribution < -0.4 is 10.5 Å². The van der Waals surface area contributed by atoms with Crippen LogP contribution in [0.3, 0.4) is 0 Å². The molecule has 8 heteroatoms. The number of hydrogen-bond acceptors (Lipinski definition) is 6. The molecular weight excluding hydrogens is 296 g/mol. The van der Waals surface area contributed by atoms with Crippen LogP contribution in [-0.2, 0) is 0 Å². The standard InChI is InChI=1S/C13H13ClN4O3/c1-7(2)11-12(15)16-6-17-13(11)21-10-5-8(14)3-4-9(10)18(19)20/h3-7H,1-2H3,(H2,15,16,17). The van der Waals surface area contributed by atoms with Gasteiger partial charge in [0, 0.05) is 17.2 Å². The van der Waals surface area contributed by atoms with Crippen LogP contribution in [0.4, 0.5) is 11.5 Å². The van der Waals surface area contributed by atoms with E-state index >= 15 is 0 Å². The van der Waals surface area contributed by atoms with E-state index in [1.807, 2.05) is 13.8 Å². The predicted octanol–water partition coefficient (Wildman–Crippen LogP) is 3.54. The maximum absolute atomic E-state index is 11.0. The SMILES string of the molecule is CC(C)c1c(N)ncnc1Oc1cc(Cl)ccc1[N+](=O)[O-]. The molecule has 110 valence electrons. The van der Waals surface area contributed by atoms with E-state index in [1.165, 1.54) is 24.5 Å². The minimum atomic E-state index is -0.550. The number of halogens is 1. The number of ether oxygens (including phenoxy) is 1. The number of anilines is 1. The Morgan fingerprint density at radius 2 is 2.10 bits per heavy atom. The highest BCUT2D eigenvalue weighted by Crippen LogP contribution is 2.36. The molecule has 0 aliphatic rings. The van der Waals surface area contributed by atoms with E-state index in [4.69, 9.17) is 22.1 Å². The molecule has 1 heterocycles. The topological polar surface area (TPSA) is 104 Å². The van der Waals surface area contributed by atoms with Crippen LogP contribution >= 0.6 is 11.6 Å². The molecule has 0 saturated heterocycles. The number of nitrogens with two attached hydrogens (primary N) is 1. The molecule has 0 atom stereocenters. The zero-order valence-electron chi connectivity index (χ0n) is 11.4. The van der Waals surface area contributed by atoms with Crippen LogP contribution in [0.2, 0.25) is 5.02 Å². The minimum absolute atomic E-state index is 0.000518. The highest BCUT2D eigenvalue weighted by molar-refractivity contribution is 6.30. The van der Waals surface area contributed by atoms with Gasteiger partial charge in [-0.15, -0.1) is 0 Å². The molecule has 0 unspecified atom stereocenters. The van der Waals surface area contributed by atoms with E-state index in [0.29, 0.717) is 10.6 Å². The Bertz CT molecular complexity index is 691. The lowest BCUT2D eigenvalue weighted by molar-refractivity contribution is -0.385. The van der Waals surface area contributed by atoms with Crippen molar-refractivity contribution in [1.82, 2.24) is 9.97 Å². The summed E-state index contributed by atoms with van der Waals surface area (Å²) in [5, 5.41) is 11.4. The van der Waals surface area contributed by atoms with Crippen molar-refractivity contribution >= 4 is 23.1 Å². The summed E-state index contributed by atoms with van der Waals surface area (Å²) < 4.78 is 5.57. The first-order chi connectivity index (χ1) is 9.90. The summed E-state index contributed by atoms with van der Waals surface area (Å²) in [5.41, 5.74) is 6.20. The van der Waals surface area contributed by atoms with E-state index in [2.05, 4.69) is 9.97 Å². The van der Waals surface area contributed by atoms with Crippen LogP contribution in [0.1, 0.15) is 25.3 Å². The van der Waals surface area contributed by atoms with Crippen molar-refractivity contribution in [2.75, 3.05) is 5.73 Å². The maximum atomic E-state index is 11.0. The molecule has 2 aromatic rings. The zero-order valence-corrected chi connectivity index (χ0v) is 12.2. The number of nitrogens with zero attached hydrogens (tertiary/aromatic N) is 3. The second-order valence-electron chi connectivity index (χ2n) is 4.60. The van der Waals surface area contributed by atoms with Gasteiger partial charge < -0.3 is 10.5 Å². The fourth-order valence-corrected chi connectivity index (χ4v) is 2.00. The van der Waals surface area contributed by atoms with E-state index in [1.54, 1.807) is 0 Å². The number of nitro groups is 1. The number of nitro benzene ring substituents is 1. The Morgan fingerprint density at radius 1 is 1.38 bits per heavy atom. The maximum Gasteiger partial charge on any atom is 0.311 e. The average Bonchev–Trinajstić information content (AvgIpc) is 2.37. The molecule has 0 spiro atoms. The molecule has 2 rings (SSSR count). The van der Waals surface area contributed by atoms with Gasteiger partial charge >= 0.3 is 5.69 Å². The summed E-state index contributed by atoms with van der Waals surface area (Å²) in [6.07, 6.45) is 1.24. The number of hydrogen-bond donors (Lipinski definition) is 1. The Labute approximate surface area is 125 Å². The first kappa shape index (κ1) is 15.0. The molecule has 0 amide bonds. The van der Waals surface area contributed by atoms with E-state index in [9.17, 15) is 10.1 Å². The van der Waals surface area contributed by atoms with Crippen LogP contribution in [0, 0.1) is 10.1 Å². The molecule has 0 radical (unpaired) electrons. The zero-order chi connectivity index (χ0) is 15.6. The normalized spacial score (nSPS) is 10.7. The quantitative estimate of drug-likeness (QED) is 0.684. The van der Waals surface area contributed by atoms with Crippen LogP contribution in [-0.4, -0.2) is 14.9 Å². The number of aromatic nitrogens is 2. The van der Waals surface area contributed by atoms with Crippen LogP contribution in [0.5, 0.6) is 11.6 Å². The Hall–Kier alpha value is -2.41. The summed E-state index contributed by atoms with van der Waals surface area (Å²) in [7, 11) is 0. The van der Waals surface area contributed by atoms with Crippen LogP contribution in [0.15, 0.2) is 24.5 Å². The second kappa shape index (κ2) is 5.92. The third kappa shape index (κ3) is 3.19. The fourth-order valence-electron chi connectivity index (χ4n) is 1.84. The Balaban J connectivity index is 2.50. The summed E-state index contributed by atoms with van der Waals surface area (Å²) in [6.45, 7) is 3.79. The first-order valence-corrected chi connectivity index (χ1v) is 6.50. The van der Waals surface area contributed by atoms with Crippen LogP contribution in [0.25, 0.3) is 0 Å². The summed E-state index contributed by atoms with van der Waals surface area (Å²) in [4.78, 5) is 18.4. The number of benzene rings is 1. The van der Waals surface area contributed by atoms with Gasteiger partial charge in [0.15, 0.2) is 0 Å². The predicted molar refractivity (Wildman–Crippen MR) is 78.7 cm³/mol. The summed E-state index contributed by atoms with van der Waals surface area (Å²) >= 11 is 5.86. The van der Waals surface area contributed by atoms with Gasteiger partial charge in [0.05, 0.1) is 10.5 Å². The third-order valence-corrected chi connectivity index (χ3v) is 3.02. The molecule has 2 N–H and O–H groups in total. The lowest BCUT2D eigenvalue weighted by Gasteiger charge is -2.13. The monoisotopic (exact) mass is 308 g/mol. The molecule has 0 fully saturated rings. The molecule has 1 aromatic carbocycles. The summed E-state index contributed by atoms with van der Waals surface area (Å²) in [5.74, 6) is 0.467. The van der Waals surface area contributed by atoms with Crippen molar-refractivity contribution in [1.29, 1.82) is 0 Å². The minimum Gasteiger partial charge on any atom is -0.431 e. The van der Waals surface area contributed by atoms with Gasteiger partial charge in [-0.2, -0.15) is 0 Å². The van der Waals surface area contributed by atoms with Crippen molar-refractivity contribution in [2.45, 2.75) is 19.8 Å². The average molecular weight is 309 g/mol. The Morgan fingerprint density at radius 3 is 2.71 bits per heavy atom. The molecule has 21 heavy (non-hydrogen) atoms. The number of rotatable bonds is 4. The van der Waals surface area contributed by atoms with Gasteiger partial charge in [-0.25, -0.2) is 9.97 Å². The molecule has 0 bridgehead atoms. The lowest BCUT2D eigenvalue weighted by Crippen LogP contribution is -2.05. The first-order valence-electron chi connectivity index (χ1n) is 6.12. The van der Waals surface area contributed by atoms with Gasteiger partial charge in [-0.05, 0) is 12.0 Å². The van der Waals surface area contributed by atoms with Gasteiger partial charge in [0.1, 0.15) is 12.1 Å². The highest BCUT2D eigenvalue weighted by Gasteiger charge is 2.20. The van der Waals surface area contributed by atoms with Crippen molar-refractivity contribution in [3.63, 3.8) is 0 Å². The van der Waals surface area contributed by atoms with Crippen molar-refractivity contribution in [3.8, 4) is 11.6 Å². The van der Waals surface area contributed by atoms with E-state index < -0.39 is 4.92 Å². The molecular formula is C13H13ClN4O3. The largest absolute Gasteiger partial charge is 0.431 e. The molecule has 0 saturated carbocycles. The molecule has 1 aromatic heterocycles. The van der Waals surface area contributed by atoms with Gasteiger partial charge in [-0.1, -0.05) is 25.4 Å². The van der Waals surface area contributed by atoms with E-state index in [0.717, 1.165) is 0 Å². The third-order valence-electron chi connectivity index (χ3n) is 2.78. The molecule has 0 aliphatic heterocycles. The second-order valence-corrected chi connectivity index (χ2v) is 5.04. The van der Waals surface area contributed by atoms with Crippen molar-refractivity contribution in [2.24, 2.45) is 0 Å². The van der Waals surface area contributed by atoms with Crippen molar-refractivity contribution < 1.29 is 9.66 Å². The molecule has 7 nitrogen and oxygen atoms in total. The highest BCUT2D eigenvalue weighted by atomic mass is 35.5. The molecule has 0 aliphatic carbocycles. The van der Waals surface area contributed by atoms with Gasteiger partial charge in [-0.3, -0.25) is 10.1 Å². The Kier molecular flexibility index (Phi) is 4.23. The summed E-state index contributed by atoms with van der Waals surface area (Å²) in [6, 6.07) is 4.06. The lowest BCUT2D eigenvalue weighted by atomic mass is 10.1. The number of nitrogen functional groups attached to an aromatic ring is 1. The van der Waals surface area contributed by atoms with E-state index in [-0.39, 0.29) is 29.1 Å². The fraction of sp³-hybridized carbons (Fsp3) is 0.231. The van der Waals surface area contributed by atoms with Crippen molar-refractivity contribution in [3.05, 3.63) is 45.2 Å².